The molecule has 0 fully saturated rings. The summed E-state index contributed by atoms with van der Waals surface area (Å²) in [6, 6.07) is 14.1. The van der Waals surface area contributed by atoms with Crippen LogP contribution in [0, 0.1) is 12.8 Å². The Morgan fingerprint density at radius 1 is 1.17 bits per heavy atom. The number of nitrogens with one attached hydrogen (secondary N) is 2. The van der Waals surface area contributed by atoms with Crippen molar-refractivity contribution in [3.63, 3.8) is 0 Å². The average molecular weight is 512 g/mol. The smallest absolute Gasteiger partial charge is 0.251 e. The van der Waals surface area contributed by atoms with Crippen LogP contribution in [0.5, 0.6) is 0 Å². The van der Waals surface area contributed by atoms with E-state index >= 15 is 0 Å². The zero-order chi connectivity index (χ0) is 25.4. The maximum Gasteiger partial charge on any atom is 0.251 e. The molecule has 0 aliphatic carbocycles. The van der Waals surface area contributed by atoms with Crippen LogP contribution < -0.4 is 10.6 Å². The lowest BCUT2D eigenvalue weighted by Gasteiger charge is -2.21. The summed E-state index contributed by atoms with van der Waals surface area (Å²) >= 11 is 7.34. The molecule has 0 saturated carbocycles. The lowest BCUT2D eigenvalue weighted by atomic mass is 10.0. The van der Waals surface area contributed by atoms with E-state index in [1.54, 1.807) is 30.3 Å². The molecule has 184 valence electrons. The van der Waals surface area contributed by atoms with Crippen molar-refractivity contribution in [3.05, 3.63) is 83.2 Å². The van der Waals surface area contributed by atoms with E-state index in [0.29, 0.717) is 46.1 Å². The van der Waals surface area contributed by atoms with Crippen molar-refractivity contribution in [2.24, 2.45) is 5.92 Å². The van der Waals surface area contributed by atoms with Gasteiger partial charge in [-0.05, 0) is 49.1 Å². The second kappa shape index (κ2) is 12.6. The minimum Gasteiger partial charge on any atom is -0.342 e. The van der Waals surface area contributed by atoms with Gasteiger partial charge >= 0.3 is 0 Å². The van der Waals surface area contributed by atoms with Crippen LogP contribution in [0.1, 0.15) is 48.1 Å². The SMILES string of the molecule is C=CCn1c(SCC(=O)Nc2cc(Cl)ccc2C)nnc1C(CC(C)C)NC(=O)c1ccccc1. The summed E-state index contributed by atoms with van der Waals surface area (Å²) in [5.74, 6) is 0.747. The third-order valence-corrected chi connectivity index (χ3v) is 6.43. The number of aryl methyl sites for hydroxylation is 1. The number of benzene rings is 2. The minimum atomic E-state index is -0.340. The zero-order valence-electron chi connectivity index (χ0n) is 20.1. The van der Waals surface area contributed by atoms with Crippen molar-refractivity contribution in [2.75, 3.05) is 11.1 Å². The van der Waals surface area contributed by atoms with Crippen LogP contribution in [-0.4, -0.2) is 32.3 Å². The standard InChI is InChI=1S/C26H30ClN5O2S/c1-5-13-32-24(22(14-17(2)3)29-25(34)19-9-7-6-8-10-19)30-31-26(32)35-16-23(33)28-21-15-20(27)12-11-18(21)4/h5-12,15,17,22H,1,13-14,16H2,2-4H3,(H,28,33)(H,29,34). The zero-order valence-corrected chi connectivity index (χ0v) is 21.7. The molecule has 2 amide bonds. The summed E-state index contributed by atoms with van der Waals surface area (Å²) in [5.41, 5.74) is 2.19. The maximum atomic E-state index is 12.9. The fraction of sp³-hybridized carbons (Fsp3) is 0.308. The summed E-state index contributed by atoms with van der Waals surface area (Å²) in [6.07, 6.45) is 2.44. The third-order valence-electron chi connectivity index (χ3n) is 5.22. The first-order valence-electron chi connectivity index (χ1n) is 11.4. The molecule has 2 N–H and O–H groups in total. The van der Waals surface area contributed by atoms with Gasteiger partial charge in [0.25, 0.3) is 5.91 Å². The van der Waals surface area contributed by atoms with Crippen LogP contribution in [0.3, 0.4) is 0 Å². The van der Waals surface area contributed by atoms with Gasteiger partial charge in [0.1, 0.15) is 0 Å². The summed E-state index contributed by atoms with van der Waals surface area (Å²) in [4.78, 5) is 25.5. The highest BCUT2D eigenvalue weighted by Gasteiger charge is 2.24. The monoisotopic (exact) mass is 511 g/mol. The van der Waals surface area contributed by atoms with E-state index in [1.807, 2.05) is 35.8 Å². The normalized spacial score (nSPS) is 11.8. The Morgan fingerprint density at radius 3 is 2.60 bits per heavy atom. The minimum absolute atomic E-state index is 0.145. The fourth-order valence-corrected chi connectivity index (χ4v) is 4.47. The number of thioether (sulfide) groups is 1. The molecule has 35 heavy (non-hydrogen) atoms. The molecule has 0 bridgehead atoms. The van der Waals surface area contributed by atoms with Gasteiger partial charge in [0.2, 0.25) is 5.91 Å². The number of hydrogen-bond acceptors (Lipinski definition) is 5. The van der Waals surface area contributed by atoms with Gasteiger partial charge in [-0.25, -0.2) is 0 Å². The molecule has 3 aromatic rings. The van der Waals surface area contributed by atoms with Gasteiger partial charge in [-0.3, -0.25) is 9.59 Å². The first kappa shape index (κ1) is 26.5. The second-order valence-corrected chi connectivity index (χ2v) is 9.94. The van der Waals surface area contributed by atoms with E-state index in [9.17, 15) is 9.59 Å². The molecule has 3 rings (SSSR count). The number of carbonyl (C=O) groups is 2. The second-order valence-electron chi connectivity index (χ2n) is 8.56. The highest BCUT2D eigenvalue weighted by atomic mass is 35.5. The van der Waals surface area contributed by atoms with Crippen molar-refractivity contribution >= 4 is 40.9 Å². The van der Waals surface area contributed by atoms with Gasteiger partial charge in [0.05, 0.1) is 11.8 Å². The Balaban J connectivity index is 1.77. The summed E-state index contributed by atoms with van der Waals surface area (Å²) < 4.78 is 1.90. The maximum absolute atomic E-state index is 12.9. The number of anilines is 1. The lowest BCUT2D eigenvalue weighted by molar-refractivity contribution is -0.113. The number of carbonyl (C=O) groups excluding carboxylic acids is 2. The number of halogens is 1. The molecule has 1 unspecified atom stereocenters. The summed E-state index contributed by atoms with van der Waals surface area (Å²) in [5, 5.41) is 15.9. The van der Waals surface area contributed by atoms with Crippen molar-refractivity contribution in [1.29, 1.82) is 0 Å². The van der Waals surface area contributed by atoms with Crippen molar-refractivity contribution < 1.29 is 9.59 Å². The Morgan fingerprint density at radius 2 is 1.91 bits per heavy atom. The largest absolute Gasteiger partial charge is 0.342 e. The predicted molar refractivity (Wildman–Crippen MR) is 142 cm³/mol. The molecule has 0 spiro atoms. The Kier molecular flexibility index (Phi) is 9.51. The molecule has 0 saturated heterocycles. The topological polar surface area (TPSA) is 88.9 Å². The van der Waals surface area contributed by atoms with Crippen LogP contribution in [0.15, 0.2) is 66.3 Å². The third kappa shape index (κ3) is 7.44. The van der Waals surface area contributed by atoms with Gasteiger partial charge in [0, 0.05) is 22.8 Å². The first-order chi connectivity index (χ1) is 16.8. The molecule has 0 radical (unpaired) electrons. The summed E-state index contributed by atoms with van der Waals surface area (Å²) in [7, 11) is 0. The Hall–Kier alpha value is -3.10. The highest BCUT2D eigenvalue weighted by Crippen LogP contribution is 2.26. The number of amides is 2. The van der Waals surface area contributed by atoms with E-state index in [4.69, 9.17) is 11.6 Å². The lowest BCUT2D eigenvalue weighted by Crippen LogP contribution is -2.31. The number of rotatable bonds is 11. The van der Waals surface area contributed by atoms with Crippen LogP contribution in [-0.2, 0) is 11.3 Å². The Bertz CT molecular complexity index is 1180. The molecular weight excluding hydrogens is 482 g/mol. The number of nitrogens with zero attached hydrogens (tertiary/aromatic N) is 3. The number of allylic oxidation sites excluding steroid dienone is 1. The van der Waals surface area contributed by atoms with E-state index in [0.717, 1.165) is 5.56 Å². The van der Waals surface area contributed by atoms with E-state index in [-0.39, 0.29) is 23.6 Å². The van der Waals surface area contributed by atoms with E-state index in [2.05, 4.69) is 41.3 Å². The molecule has 1 atom stereocenters. The van der Waals surface area contributed by atoms with E-state index < -0.39 is 0 Å². The molecule has 0 aliphatic heterocycles. The van der Waals surface area contributed by atoms with E-state index in [1.165, 1.54) is 11.8 Å². The average Bonchev–Trinajstić information content (AvgIpc) is 3.22. The number of hydrogen-bond donors (Lipinski definition) is 2. The van der Waals surface area contributed by atoms with Crippen molar-refractivity contribution in [3.8, 4) is 0 Å². The van der Waals surface area contributed by atoms with Crippen molar-refractivity contribution in [2.45, 2.75) is 44.9 Å². The molecular formula is C26H30ClN5O2S. The molecule has 9 heteroatoms. The molecule has 1 aromatic heterocycles. The summed E-state index contributed by atoms with van der Waals surface area (Å²) in [6.45, 7) is 10.4. The van der Waals surface area contributed by atoms with Gasteiger partial charge in [-0.1, -0.05) is 67.6 Å². The molecule has 0 aliphatic rings. The Labute approximate surface area is 215 Å². The van der Waals surface area contributed by atoms with Crippen LogP contribution >= 0.6 is 23.4 Å². The van der Waals surface area contributed by atoms with Gasteiger partial charge in [-0.2, -0.15) is 0 Å². The number of aromatic nitrogens is 3. The highest BCUT2D eigenvalue weighted by molar-refractivity contribution is 7.99. The van der Waals surface area contributed by atoms with Gasteiger partial charge in [-0.15, -0.1) is 16.8 Å². The predicted octanol–water partition coefficient (Wildman–Crippen LogP) is 5.67. The van der Waals surface area contributed by atoms with Gasteiger partial charge in [0.15, 0.2) is 11.0 Å². The van der Waals surface area contributed by atoms with Crippen LogP contribution in [0.25, 0.3) is 0 Å². The van der Waals surface area contributed by atoms with Gasteiger partial charge < -0.3 is 15.2 Å². The molecule has 7 nitrogen and oxygen atoms in total. The van der Waals surface area contributed by atoms with Crippen molar-refractivity contribution in [1.82, 2.24) is 20.1 Å². The quantitative estimate of drug-likeness (QED) is 0.255. The molecule has 1 heterocycles. The fourth-order valence-electron chi connectivity index (χ4n) is 3.54. The van der Waals surface area contributed by atoms with Crippen LogP contribution in [0.2, 0.25) is 5.02 Å². The first-order valence-corrected chi connectivity index (χ1v) is 12.7. The van der Waals surface area contributed by atoms with Crippen LogP contribution in [0.4, 0.5) is 5.69 Å². The molecule has 2 aromatic carbocycles.